The number of ether oxygens (including phenoxy) is 1. The smallest absolute Gasteiger partial charge is 0.0593 e. The third kappa shape index (κ3) is 5.15. The Kier molecular flexibility index (Phi) is 6.58. The van der Waals surface area contributed by atoms with Crippen LogP contribution in [0.1, 0.15) is 19.5 Å². The molecule has 1 heterocycles. The van der Waals surface area contributed by atoms with E-state index >= 15 is 0 Å². The molecule has 0 fully saturated rings. The molecule has 17 heavy (non-hydrogen) atoms. The van der Waals surface area contributed by atoms with E-state index in [9.17, 15) is 0 Å². The van der Waals surface area contributed by atoms with Crippen molar-refractivity contribution in [1.82, 2.24) is 9.88 Å². The number of pyridine rings is 1. The lowest BCUT2D eigenvalue weighted by atomic mass is 10.3. The number of rotatable bonds is 8. The molecule has 96 valence electrons. The molecule has 1 N–H and O–H groups in total. The molecule has 0 aliphatic rings. The van der Waals surface area contributed by atoms with Crippen LogP contribution in [0.15, 0.2) is 18.3 Å². The van der Waals surface area contributed by atoms with Crippen LogP contribution in [0.3, 0.4) is 0 Å². The maximum atomic E-state index is 5.37. The Morgan fingerprint density at radius 3 is 2.88 bits per heavy atom. The number of nitrogens with zero attached hydrogens (tertiary/aromatic N) is 2. The molecule has 0 unspecified atom stereocenters. The molecule has 0 aliphatic heterocycles. The lowest BCUT2D eigenvalue weighted by Crippen LogP contribution is -2.27. The maximum Gasteiger partial charge on any atom is 0.0593 e. The van der Waals surface area contributed by atoms with Crippen LogP contribution >= 0.6 is 0 Å². The summed E-state index contributed by atoms with van der Waals surface area (Å²) in [5.41, 5.74) is 2.20. The third-order valence-corrected chi connectivity index (χ3v) is 2.69. The van der Waals surface area contributed by atoms with Crippen LogP contribution in [0, 0.1) is 0 Å². The highest BCUT2D eigenvalue weighted by atomic mass is 16.5. The molecular weight excluding hydrogens is 214 g/mol. The Hall–Kier alpha value is -1.13. The van der Waals surface area contributed by atoms with Gasteiger partial charge in [0.25, 0.3) is 0 Å². The topological polar surface area (TPSA) is 37.4 Å². The van der Waals surface area contributed by atoms with Crippen molar-refractivity contribution >= 4 is 5.69 Å². The van der Waals surface area contributed by atoms with Gasteiger partial charge in [0.15, 0.2) is 0 Å². The van der Waals surface area contributed by atoms with E-state index in [1.807, 2.05) is 26.2 Å². The minimum absolute atomic E-state index is 0.783. The molecule has 4 nitrogen and oxygen atoms in total. The van der Waals surface area contributed by atoms with Gasteiger partial charge < -0.3 is 10.1 Å². The van der Waals surface area contributed by atoms with Gasteiger partial charge in [-0.15, -0.1) is 0 Å². The predicted octanol–water partition coefficient (Wildman–Crippen LogP) is 1.98. The monoisotopic (exact) mass is 237 g/mol. The number of likely N-dealkylation sites (N-methyl/N-ethyl adjacent to an activating group) is 1. The number of aromatic nitrogens is 1. The first kappa shape index (κ1) is 13.9. The van der Waals surface area contributed by atoms with Crippen molar-refractivity contribution in [3.8, 4) is 0 Å². The summed E-state index contributed by atoms with van der Waals surface area (Å²) >= 11 is 0. The maximum absolute atomic E-state index is 5.37. The molecule has 0 spiro atoms. The van der Waals surface area contributed by atoms with Crippen LogP contribution in [0.5, 0.6) is 0 Å². The lowest BCUT2D eigenvalue weighted by Gasteiger charge is -2.19. The van der Waals surface area contributed by atoms with E-state index in [4.69, 9.17) is 4.74 Å². The zero-order valence-corrected chi connectivity index (χ0v) is 11.1. The van der Waals surface area contributed by atoms with Gasteiger partial charge in [0, 0.05) is 38.6 Å². The molecule has 1 aromatic rings. The van der Waals surface area contributed by atoms with Crippen LogP contribution < -0.4 is 5.32 Å². The predicted molar refractivity (Wildman–Crippen MR) is 71.2 cm³/mol. The summed E-state index contributed by atoms with van der Waals surface area (Å²) < 4.78 is 5.37. The highest BCUT2D eigenvalue weighted by Crippen LogP contribution is 2.08. The standard InChI is InChI=1S/C13H23N3O/c1-4-16(8-9-17-5-2)11-13-10-12(14-3)6-7-15-13/h6-7,10H,4-5,8-9,11H2,1-3H3,(H,14,15). The van der Waals surface area contributed by atoms with Gasteiger partial charge in [-0.25, -0.2) is 0 Å². The first-order chi connectivity index (χ1) is 8.30. The quantitative estimate of drug-likeness (QED) is 0.702. The average molecular weight is 237 g/mol. The number of hydrogen-bond acceptors (Lipinski definition) is 4. The zero-order chi connectivity index (χ0) is 12.5. The molecule has 4 heteroatoms. The van der Waals surface area contributed by atoms with Gasteiger partial charge in [0.2, 0.25) is 0 Å². The normalized spacial score (nSPS) is 10.8. The van der Waals surface area contributed by atoms with Gasteiger partial charge >= 0.3 is 0 Å². The van der Waals surface area contributed by atoms with E-state index in [1.165, 1.54) is 0 Å². The van der Waals surface area contributed by atoms with Crippen LogP contribution in [0.25, 0.3) is 0 Å². The summed E-state index contributed by atoms with van der Waals surface area (Å²) in [4.78, 5) is 6.71. The summed E-state index contributed by atoms with van der Waals surface area (Å²) in [7, 11) is 1.92. The van der Waals surface area contributed by atoms with Crippen molar-refractivity contribution in [3.63, 3.8) is 0 Å². The van der Waals surface area contributed by atoms with E-state index in [0.717, 1.165) is 44.2 Å². The lowest BCUT2D eigenvalue weighted by molar-refractivity contribution is 0.112. The molecule has 0 radical (unpaired) electrons. The average Bonchev–Trinajstić information content (AvgIpc) is 2.38. The molecule has 1 aromatic heterocycles. The third-order valence-electron chi connectivity index (χ3n) is 2.69. The van der Waals surface area contributed by atoms with Crippen molar-refractivity contribution in [2.24, 2.45) is 0 Å². The molecule has 0 aromatic carbocycles. The number of nitrogens with one attached hydrogen (secondary N) is 1. The summed E-state index contributed by atoms with van der Waals surface area (Å²) in [6, 6.07) is 4.06. The molecule has 0 bridgehead atoms. The van der Waals surface area contributed by atoms with Crippen molar-refractivity contribution in [1.29, 1.82) is 0 Å². The zero-order valence-electron chi connectivity index (χ0n) is 11.1. The second-order valence-electron chi connectivity index (χ2n) is 3.85. The highest BCUT2D eigenvalue weighted by molar-refractivity contribution is 5.42. The van der Waals surface area contributed by atoms with E-state index in [0.29, 0.717) is 0 Å². The van der Waals surface area contributed by atoms with Gasteiger partial charge in [-0.05, 0) is 25.6 Å². The summed E-state index contributed by atoms with van der Waals surface area (Å²) in [6.07, 6.45) is 1.84. The fraction of sp³-hybridized carbons (Fsp3) is 0.615. The number of anilines is 1. The van der Waals surface area contributed by atoms with E-state index in [1.54, 1.807) is 0 Å². The Morgan fingerprint density at radius 1 is 1.41 bits per heavy atom. The van der Waals surface area contributed by atoms with Crippen LogP contribution in [-0.2, 0) is 11.3 Å². The van der Waals surface area contributed by atoms with Crippen LogP contribution in [0.2, 0.25) is 0 Å². The molecule has 1 rings (SSSR count). The molecule has 0 aliphatic carbocycles. The van der Waals surface area contributed by atoms with Gasteiger partial charge in [0.1, 0.15) is 0 Å². The van der Waals surface area contributed by atoms with E-state index in [-0.39, 0.29) is 0 Å². The van der Waals surface area contributed by atoms with Crippen molar-refractivity contribution in [2.45, 2.75) is 20.4 Å². The largest absolute Gasteiger partial charge is 0.388 e. The van der Waals surface area contributed by atoms with Crippen molar-refractivity contribution in [2.75, 3.05) is 38.7 Å². The number of hydrogen-bond donors (Lipinski definition) is 1. The summed E-state index contributed by atoms with van der Waals surface area (Å²) in [6.45, 7) is 8.59. The fourth-order valence-corrected chi connectivity index (χ4v) is 1.64. The Labute approximate surface area is 104 Å². The second kappa shape index (κ2) is 8.03. The minimum Gasteiger partial charge on any atom is -0.388 e. The highest BCUT2D eigenvalue weighted by Gasteiger charge is 2.04. The minimum atomic E-state index is 0.783. The Morgan fingerprint density at radius 2 is 2.24 bits per heavy atom. The molecule has 0 saturated carbocycles. The first-order valence-electron chi connectivity index (χ1n) is 6.22. The van der Waals surface area contributed by atoms with Gasteiger partial charge in [-0.3, -0.25) is 9.88 Å². The first-order valence-corrected chi connectivity index (χ1v) is 6.22. The van der Waals surface area contributed by atoms with Crippen LogP contribution in [0.4, 0.5) is 5.69 Å². The summed E-state index contributed by atoms with van der Waals surface area (Å²) in [5.74, 6) is 0. The molecule has 0 saturated heterocycles. The van der Waals surface area contributed by atoms with Gasteiger partial charge in [-0.1, -0.05) is 6.92 Å². The van der Waals surface area contributed by atoms with Gasteiger partial charge in [0.05, 0.1) is 12.3 Å². The Bertz CT molecular complexity index is 317. The van der Waals surface area contributed by atoms with Crippen LogP contribution in [-0.4, -0.2) is 43.2 Å². The summed E-state index contributed by atoms with van der Waals surface area (Å²) in [5, 5.41) is 3.13. The fourth-order valence-electron chi connectivity index (χ4n) is 1.64. The SMILES string of the molecule is CCOCCN(CC)Cc1cc(NC)ccn1. The second-order valence-corrected chi connectivity index (χ2v) is 3.85. The van der Waals surface area contributed by atoms with Crippen molar-refractivity contribution in [3.05, 3.63) is 24.0 Å². The van der Waals surface area contributed by atoms with E-state index in [2.05, 4.69) is 28.2 Å². The Balaban J connectivity index is 2.48. The van der Waals surface area contributed by atoms with E-state index < -0.39 is 0 Å². The molecule has 0 atom stereocenters. The van der Waals surface area contributed by atoms with Gasteiger partial charge in [-0.2, -0.15) is 0 Å². The molecular formula is C13H23N3O. The molecule has 0 amide bonds. The van der Waals surface area contributed by atoms with Crippen molar-refractivity contribution < 1.29 is 4.74 Å².